The Kier molecular flexibility index (Phi) is 4.09. The normalized spacial score (nSPS) is 13.7. The van der Waals surface area contributed by atoms with Crippen molar-refractivity contribution >= 4 is 5.97 Å². The van der Waals surface area contributed by atoms with Crippen molar-refractivity contribution in [1.29, 1.82) is 0 Å². The van der Waals surface area contributed by atoms with Gasteiger partial charge in [-0.3, -0.25) is 4.79 Å². The molecule has 4 heteroatoms. The first kappa shape index (κ1) is 14.6. The van der Waals surface area contributed by atoms with E-state index < -0.39 is 11.9 Å². The second kappa shape index (κ2) is 5.04. The van der Waals surface area contributed by atoms with Gasteiger partial charge >= 0.3 is 5.97 Å². The molecule has 1 heterocycles. The maximum atomic E-state index is 11.3. The topological polar surface area (TPSA) is 63.1 Å². The zero-order valence-corrected chi connectivity index (χ0v) is 12.0. The highest BCUT2D eigenvalue weighted by Gasteiger charge is 2.28. The molecule has 1 aromatic heterocycles. The Morgan fingerprint density at radius 1 is 1.28 bits per heavy atom. The number of aliphatic carboxylic acids is 1. The third-order valence-electron chi connectivity index (χ3n) is 2.85. The number of hydrogen-bond acceptors (Lipinski definition) is 3. The van der Waals surface area contributed by atoms with Gasteiger partial charge in [0.25, 0.3) is 0 Å². The summed E-state index contributed by atoms with van der Waals surface area (Å²) in [6.45, 7) is 11.8. The molecule has 1 N–H and O–H groups in total. The van der Waals surface area contributed by atoms with Crippen LogP contribution in [-0.4, -0.2) is 21.0 Å². The first-order valence-corrected chi connectivity index (χ1v) is 6.21. The van der Waals surface area contributed by atoms with E-state index >= 15 is 0 Å². The van der Waals surface area contributed by atoms with E-state index in [-0.39, 0.29) is 11.3 Å². The van der Waals surface area contributed by atoms with Crippen LogP contribution in [0.15, 0.2) is 6.07 Å². The van der Waals surface area contributed by atoms with E-state index in [9.17, 15) is 9.90 Å². The Hall–Kier alpha value is -1.45. The van der Waals surface area contributed by atoms with Crippen LogP contribution >= 0.6 is 0 Å². The molecule has 18 heavy (non-hydrogen) atoms. The van der Waals surface area contributed by atoms with E-state index in [0.29, 0.717) is 5.82 Å². The molecule has 0 radical (unpaired) electrons. The fourth-order valence-corrected chi connectivity index (χ4v) is 1.81. The van der Waals surface area contributed by atoms with Crippen molar-refractivity contribution in [2.45, 2.75) is 52.9 Å². The predicted octanol–water partition coefficient (Wildman–Crippen LogP) is 2.91. The highest BCUT2D eigenvalue weighted by atomic mass is 16.4. The van der Waals surface area contributed by atoms with Gasteiger partial charge in [0, 0.05) is 16.8 Å². The van der Waals surface area contributed by atoms with Gasteiger partial charge in [0.05, 0.1) is 0 Å². The van der Waals surface area contributed by atoms with Gasteiger partial charge in [-0.2, -0.15) is 0 Å². The minimum absolute atomic E-state index is 0.0304. The molecule has 100 valence electrons. The summed E-state index contributed by atoms with van der Waals surface area (Å²) in [5.41, 5.74) is 1.59. The average Bonchev–Trinajstić information content (AvgIpc) is 2.13. The molecular formula is C14H22N2O2. The van der Waals surface area contributed by atoms with Crippen LogP contribution in [0.25, 0.3) is 0 Å². The molecule has 0 fully saturated rings. The monoisotopic (exact) mass is 250 g/mol. The summed E-state index contributed by atoms with van der Waals surface area (Å²) in [6.07, 6.45) is 0. The van der Waals surface area contributed by atoms with Gasteiger partial charge in [0.2, 0.25) is 0 Å². The van der Waals surface area contributed by atoms with Crippen molar-refractivity contribution in [1.82, 2.24) is 9.97 Å². The Morgan fingerprint density at radius 2 is 1.83 bits per heavy atom. The fraction of sp³-hybridized carbons (Fsp3) is 0.643. The van der Waals surface area contributed by atoms with Crippen molar-refractivity contribution in [3.05, 3.63) is 23.3 Å². The van der Waals surface area contributed by atoms with E-state index in [1.54, 1.807) is 0 Å². The van der Waals surface area contributed by atoms with E-state index in [2.05, 4.69) is 30.7 Å². The fourth-order valence-electron chi connectivity index (χ4n) is 1.81. The molecular weight excluding hydrogens is 228 g/mol. The van der Waals surface area contributed by atoms with Crippen LogP contribution in [0.1, 0.15) is 57.7 Å². The van der Waals surface area contributed by atoms with E-state index in [1.807, 2.05) is 26.8 Å². The molecule has 0 aliphatic heterocycles. The number of carbonyl (C=O) groups is 1. The molecule has 0 aromatic carbocycles. The molecule has 1 rings (SSSR count). The number of carboxylic acid groups (broad SMARTS) is 1. The molecule has 4 nitrogen and oxygen atoms in total. The summed E-state index contributed by atoms with van der Waals surface area (Å²) in [7, 11) is 0. The van der Waals surface area contributed by atoms with E-state index in [0.717, 1.165) is 11.4 Å². The number of rotatable bonds is 3. The van der Waals surface area contributed by atoms with Crippen molar-refractivity contribution in [3.63, 3.8) is 0 Å². The summed E-state index contributed by atoms with van der Waals surface area (Å²) >= 11 is 0. The van der Waals surface area contributed by atoms with Gasteiger partial charge in [0.1, 0.15) is 11.7 Å². The van der Waals surface area contributed by atoms with E-state index in [4.69, 9.17) is 0 Å². The van der Waals surface area contributed by atoms with Crippen LogP contribution in [0.4, 0.5) is 0 Å². The Bertz CT molecular complexity index is 448. The van der Waals surface area contributed by atoms with Crippen molar-refractivity contribution < 1.29 is 9.90 Å². The second-order valence-electron chi connectivity index (χ2n) is 6.06. The summed E-state index contributed by atoms with van der Waals surface area (Å²) in [5.74, 6) is -1.12. The Morgan fingerprint density at radius 3 is 2.22 bits per heavy atom. The molecule has 1 atom stereocenters. The predicted molar refractivity (Wildman–Crippen MR) is 70.7 cm³/mol. The molecule has 0 bridgehead atoms. The number of hydrogen-bond donors (Lipinski definition) is 1. The van der Waals surface area contributed by atoms with Crippen molar-refractivity contribution in [2.75, 3.05) is 0 Å². The van der Waals surface area contributed by atoms with E-state index in [1.165, 1.54) is 0 Å². The summed E-state index contributed by atoms with van der Waals surface area (Å²) in [4.78, 5) is 20.1. The lowest BCUT2D eigenvalue weighted by molar-refractivity contribution is -0.140. The van der Waals surface area contributed by atoms with Crippen LogP contribution in [-0.2, 0) is 10.2 Å². The minimum atomic E-state index is -0.865. The number of aromatic nitrogens is 2. The maximum Gasteiger partial charge on any atom is 0.314 e. The molecule has 1 unspecified atom stereocenters. The Balaban J connectivity index is 3.32. The van der Waals surface area contributed by atoms with Crippen LogP contribution in [0.5, 0.6) is 0 Å². The molecule has 0 spiro atoms. The lowest BCUT2D eigenvalue weighted by atomic mass is 9.90. The van der Waals surface area contributed by atoms with Gasteiger partial charge in [0.15, 0.2) is 0 Å². The molecule has 0 saturated carbocycles. The highest BCUT2D eigenvalue weighted by molar-refractivity contribution is 5.75. The molecule has 0 aliphatic carbocycles. The minimum Gasteiger partial charge on any atom is -0.481 e. The summed E-state index contributed by atoms with van der Waals surface area (Å²) < 4.78 is 0. The van der Waals surface area contributed by atoms with Gasteiger partial charge < -0.3 is 5.11 Å². The third kappa shape index (κ3) is 3.28. The quantitative estimate of drug-likeness (QED) is 0.896. The van der Waals surface area contributed by atoms with Crippen molar-refractivity contribution in [3.8, 4) is 0 Å². The molecule has 0 saturated heterocycles. The third-order valence-corrected chi connectivity index (χ3v) is 2.85. The van der Waals surface area contributed by atoms with Gasteiger partial charge in [-0.15, -0.1) is 0 Å². The largest absolute Gasteiger partial charge is 0.481 e. The number of nitrogens with zero attached hydrogens (tertiary/aromatic N) is 2. The SMILES string of the molecule is Cc1cc(C(C)(C)C)nc(C(C(=O)O)C(C)C)n1. The maximum absolute atomic E-state index is 11.3. The lowest BCUT2D eigenvalue weighted by Gasteiger charge is -2.21. The summed E-state index contributed by atoms with van der Waals surface area (Å²) in [5, 5.41) is 9.30. The first-order chi connectivity index (χ1) is 8.12. The number of carboxylic acids is 1. The van der Waals surface area contributed by atoms with Crippen molar-refractivity contribution in [2.24, 2.45) is 5.92 Å². The first-order valence-electron chi connectivity index (χ1n) is 6.21. The van der Waals surface area contributed by atoms with Crippen LogP contribution in [0.3, 0.4) is 0 Å². The van der Waals surface area contributed by atoms with Crippen LogP contribution in [0.2, 0.25) is 0 Å². The molecule has 0 amide bonds. The summed E-state index contributed by atoms with van der Waals surface area (Å²) in [6, 6.07) is 1.92. The molecule has 1 aromatic rings. The molecule has 0 aliphatic rings. The second-order valence-corrected chi connectivity index (χ2v) is 6.06. The average molecular weight is 250 g/mol. The van der Waals surface area contributed by atoms with Crippen LogP contribution < -0.4 is 0 Å². The zero-order chi connectivity index (χ0) is 14.1. The highest BCUT2D eigenvalue weighted by Crippen LogP contribution is 2.26. The van der Waals surface area contributed by atoms with Gasteiger partial charge in [-0.1, -0.05) is 34.6 Å². The number of aryl methyl sites for hydroxylation is 1. The smallest absolute Gasteiger partial charge is 0.314 e. The Labute approximate surface area is 108 Å². The zero-order valence-electron chi connectivity index (χ0n) is 12.0. The van der Waals surface area contributed by atoms with Crippen LogP contribution in [0, 0.1) is 12.8 Å². The standard InChI is InChI=1S/C14H22N2O2/c1-8(2)11(13(17)18)12-15-9(3)7-10(16-12)14(4,5)6/h7-8,11H,1-6H3,(H,17,18). The van der Waals surface area contributed by atoms with Gasteiger partial charge in [-0.05, 0) is 18.9 Å². The van der Waals surface area contributed by atoms with Gasteiger partial charge in [-0.25, -0.2) is 9.97 Å². The lowest BCUT2D eigenvalue weighted by Crippen LogP contribution is -2.23.